The molecule has 11 nitrogen and oxygen atoms in total. The van der Waals surface area contributed by atoms with Crippen LogP contribution in [0.2, 0.25) is 0 Å². The number of hydrogen-bond donors (Lipinski definition) is 1. The van der Waals surface area contributed by atoms with Crippen LogP contribution in [0, 0.1) is 17.1 Å². The van der Waals surface area contributed by atoms with Crippen molar-refractivity contribution in [3.05, 3.63) is 78.3 Å². The van der Waals surface area contributed by atoms with E-state index >= 15 is 4.39 Å². The molecule has 0 aliphatic carbocycles. The van der Waals surface area contributed by atoms with Crippen molar-refractivity contribution in [3.8, 4) is 28.8 Å². The molecule has 2 aromatic heterocycles. The maximum atomic E-state index is 15.7. The molecule has 2 N–H and O–H groups in total. The monoisotopic (exact) mass is 664 g/mol. The third-order valence-electron chi connectivity index (χ3n) is 9.97. The number of nitriles is 1. The molecule has 0 radical (unpaired) electrons. The number of para-hydroxylation sites is 1. The summed E-state index contributed by atoms with van der Waals surface area (Å²) >= 11 is 0. The van der Waals surface area contributed by atoms with Gasteiger partial charge in [-0.2, -0.15) is 10.4 Å². The summed E-state index contributed by atoms with van der Waals surface area (Å²) in [5.74, 6) is 0.409. The van der Waals surface area contributed by atoms with Gasteiger partial charge in [0.15, 0.2) is 0 Å². The van der Waals surface area contributed by atoms with Crippen LogP contribution < -0.4 is 10.5 Å². The number of piperidine rings is 1. The average Bonchev–Trinajstić information content (AvgIpc) is 3.48. The average molecular weight is 665 g/mol. The lowest BCUT2D eigenvalue weighted by atomic mass is 9.96. The number of pyridine rings is 1. The van der Waals surface area contributed by atoms with Crippen LogP contribution in [0.5, 0.6) is 11.5 Å². The highest BCUT2D eigenvalue weighted by atomic mass is 19.1. The zero-order chi connectivity index (χ0) is 34.1. The number of piperazine rings is 1. The lowest BCUT2D eigenvalue weighted by molar-refractivity contribution is -0.128. The highest BCUT2D eigenvalue weighted by molar-refractivity contribution is 6.00. The van der Waals surface area contributed by atoms with Gasteiger partial charge in [0.1, 0.15) is 40.5 Å². The van der Waals surface area contributed by atoms with Gasteiger partial charge >= 0.3 is 0 Å². The summed E-state index contributed by atoms with van der Waals surface area (Å²) in [6.45, 7) is 10.2. The summed E-state index contributed by atoms with van der Waals surface area (Å²) in [6, 6.07) is 18.2. The lowest BCUT2D eigenvalue weighted by Crippen LogP contribution is -2.59. The number of halogens is 1. The Labute approximate surface area is 285 Å². The Bertz CT molecular complexity index is 1910. The van der Waals surface area contributed by atoms with E-state index in [0.29, 0.717) is 47.2 Å². The molecule has 0 spiro atoms. The molecule has 4 aromatic rings. The summed E-state index contributed by atoms with van der Waals surface area (Å²) in [7, 11) is 0. The van der Waals surface area contributed by atoms with E-state index in [2.05, 4.69) is 34.7 Å². The number of benzene rings is 2. The van der Waals surface area contributed by atoms with Crippen molar-refractivity contribution in [2.24, 2.45) is 0 Å². The van der Waals surface area contributed by atoms with Gasteiger partial charge in [-0.25, -0.2) is 9.37 Å². The van der Waals surface area contributed by atoms with E-state index in [0.717, 1.165) is 52.2 Å². The molecule has 3 aliphatic heterocycles. The number of aromatic nitrogens is 3. The second-order valence-electron chi connectivity index (χ2n) is 13.5. The van der Waals surface area contributed by atoms with E-state index < -0.39 is 11.4 Å². The number of fused-ring (bicyclic) bond motifs is 1. The topological polar surface area (TPSA) is 126 Å². The zero-order valence-corrected chi connectivity index (χ0v) is 27.9. The molecule has 0 unspecified atom stereocenters. The summed E-state index contributed by atoms with van der Waals surface area (Å²) in [4.78, 5) is 24.7. The van der Waals surface area contributed by atoms with Gasteiger partial charge in [-0.15, -0.1) is 0 Å². The van der Waals surface area contributed by atoms with Gasteiger partial charge in [-0.05, 0) is 63.1 Å². The predicted octanol–water partition coefficient (Wildman–Crippen LogP) is 5.02. The smallest absolute Gasteiger partial charge is 0.264 e. The molecule has 3 saturated heterocycles. The number of nitrogens with zero attached hydrogens (tertiary/aromatic N) is 7. The van der Waals surface area contributed by atoms with Gasteiger partial charge in [-0.3, -0.25) is 19.3 Å². The molecule has 5 heterocycles. The first-order chi connectivity index (χ1) is 23.7. The van der Waals surface area contributed by atoms with E-state index in [1.165, 1.54) is 6.07 Å². The normalized spacial score (nSPS) is 19.8. The summed E-state index contributed by atoms with van der Waals surface area (Å²) < 4.78 is 28.7. The van der Waals surface area contributed by atoms with E-state index in [9.17, 15) is 10.1 Å². The molecule has 1 atom stereocenters. The largest absolute Gasteiger partial charge is 0.457 e. The van der Waals surface area contributed by atoms with Crippen molar-refractivity contribution in [1.29, 1.82) is 5.26 Å². The number of likely N-dealkylation sites (tertiary alicyclic amines) is 1. The SMILES string of the molecule is CC(C)(/C=C(\C#N)C(=O)N1CCC[C@@H](n2nc(-c3ccc(Oc4ccccc4)cc3F)c3c(N)nccc32)C1)N1CCN(C2COC2)CC1. The Balaban J connectivity index is 1.11. The van der Waals surface area contributed by atoms with Crippen LogP contribution in [0.3, 0.4) is 0 Å². The molecule has 1 amide bonds. The Morgan fingerprint density at radius 2 is 1.84 bits per heavy atom. The van der Waals surface area contributed by atoms with Crippen molar-refractivity contribution in [2.45, 2.75) is 44.3 Å². The number of rotatable bonds is 8. The third-order valence-corrected chi connectivity index (χ3v) is 9.97. The molecule has 3 fully saturated rings. The minimum absolute atomic E-state index is 0.139. The zero-order valence-electron chi connectivity index (χ0n) is 27.9. The molecule has 12 heteroatoms. The second kappa shape index (κ2) is 13.6. The summed E-state index contributed by atoms with van der Waals surface area (Å²) in [5.41, 5.74) is 7.39. The van der Waals surface area contributed by atoms with Gasteiger partial charge in [0, 0.05) is 62.6 Å². The number of carbonyl (C=O) groups is 1. The number of nitrogen functional groups attached to an aromatic ring is 1. The van der Waals surface area contributed by atoms with Crippen molar-refractivity contribution >= 4 is 22.6 Å². The molecule has 0 saturated carbocycles. The van der Waals surface area contributed by atoms with E-state index in [4.69, 9.17) is 20.3 Å². The van der Waals surface area contributed by atoms with Gasteiger partial charge in [-0.1, -0.05) is 18.2 Å². The molecule has 3 aliphatic rings. The van der Waals surface area contributed by atoms with E-state index in [-0.39, 0.29) is 28.9 Å². The van der Waals surface area contributed by atoms with Crippen molar-refractivity contribution in [2.75, 3.05) is 58.2 Å². The molecule has 7 rings (SSSR count). The van der Waals surface area contributed by atoms with Gasteiger partial charge in [0.05, 0.1) is 36.2 Å². The molecular formula is C37H41FN8O3. The van der Waals surface area contributed by atoms with Crippen molar-refractivity contribution in [3.63, 3.8) is 0 Å². The first kappa shape index (κ1) is 32.7. The number of ether oxygens (including phenoxy) is 2. The molecule has 2 aromatic carbocycles. The minimum atomic E-state index is -0.506. The number of hydrogen-bond acceptors (Lipinski definition) is 9. The van der Waals surface area contributed by atoms with Gasteiger partial charge in [0.25, 0.3) is 5.91 Å². The van der Waals surface area contributed by atoms with Crippen LogP contribution in [0.4, 0.5) is 10.2 Å². The quantitative estimate of drug-likeness (QED) is 0.204. The first-order valence-corrected chi connectivity index (χ1v) is 16.9. The number of anilines is 1. The Morgan fingerprint density at radius 1 is 1.06 bits per heavy atom. The number of nitrogens with two attached hydrogens (primary N) is 1. The molecular weight excluding hydrogens is 623 g/mol. The summed E-state index contributed by atoms with van der Waals surface area (Å²) in [6.07, 6.45) is 4.91. The van der Waals surface area contributed by atoms with Crippen molar-refractivity contribution in [1.82, 2.24) is 29.5 Å². The van der Waals surface area contributed by atoms with Crippen LogP contribution in [0.25, 0.3) is 22.2 Å². The Hall–Kier alpha value is -4.83. The van der Waals surface area contributed by atoms with Crippen LogP contribution in [0.1, 0.15) is 32.7 Å². The van der Waals surface area contributed by atoms with Gasteiger partial charge < -0.3 is 20.1 Å². The molecule has 0 bridgehead atoms. The number of amides is 1. The summed E-state index contributed by atoms with van der Waals surface area (Å²) in [5, 5.41) is 15.6. The molecule has 254 valence electrons. The molecule has 49 heavy (non-hydrogen) atoms. The fourth-order valence-electron chi connectivity index (χ4n) is 7.15. The highest BCUT2D eigenvalue weighted by Gasteiger charge is 2.35. The van der Waals surface area contributed by atoms with Crippen LogP contribution in [-0.4, -0.2) is 99.4 Å². The Kier molecular flexibility index (Phi) is 9.07. The van der Waals surface area contributed by atoms with Crippen LogP contribution in [-0.2, 0) is 9.53 Å². The van der Waals surface area contributed by atoms with Crippen molar-refractivity contribution < 1.29 is 18.7 Å². The maximum Gasteiger partial charge on any atom is 0.264 e. The standard InChI is InChI=1S/C37H41FN8O3/c1-37(2,45-17-15-43(16-18-45)27-23-48-24-27)20-25(21-39)36(47)44-14-6-7-26(22-44)46-32-12-13-41-35(40)33(32)34(42-46)30-11-10-29(19-31(30)38)49-28-8-4-3-5-9-28/h3-5,8-13,19-20,26-27H,6-7,14-18,22-24H2,1-2H3,(H2,40,41)/b25-20+/t26-/m1/s1. The van der Waals surface area contributed by atoms with Gasteiger partial charge in [0.2, 0.25) is 0 Å². The lowest BCUT2D eigenvalue weighted by Gasteiger charge is -2.46. The second-order valence-corrected chi connectivity index (χ2v) is 13.5. The van der Waals surface area contributed by atoms with E-state index in [1.807, 2.05) is 35.0 Å². The fraction of sp³-hybridized carbons (Fsp3) is 0.405. The maximum absolute atomic E-state index is 15.7. The number of carbonyl (C=O) groups excluding carboxylic acids is 1. The predicted molar refractivity (Wildman–Crippen MR) is 184 cm³/mol. The first-order valence-electron chi connectivity index (χ1n) is 16.9. The highest BCUT2D eigenvalue weighted by Crippen LogP contribution is 2.37. The third kappa shape index (κ3) is 6.62. The van der Waals surface area contributed by atoms with E-state index in [1.54, 1.807) is 35.4 Å². The fourth-order valence-corrected chi connectivity index (χ4v) is 7.15. The van der Waals surface area contributed by atoms with Crippen LogP contribution >= 0.6 is 0 Å². The minimum Gasteiger partial charge on any atom is -0.457 e. The Morgan fingerprint density at radius 3 is 2.53 bits per heavy atom. The van der Waals surface area contributed by atoms with Crippen LogP contribution in [0.15, 0.2) is 72.4 Å².